The Kier molecular flexibility index (Phi) is 8.08. The molecule has 0 bridgehead atoms. The Morgan fingerprint density at radius 1 is 1.15 bits per heavy atom. The van der Waals surface area contributed by atoms with E-state index in [1.54, 1.807) is 12.1 Å². The number of hydrogen-bond donors (Lipinski definition) is 2. The van der Waals surface area contributed by atoms with Crippen molar-refractivity contribution in [1.29, 1.82) is 0 Å². The standard InChI is InChI=1S/C23H25ClN4O3S2/c24-18-11-12-19(23(29)25-15-17-9-5-2-6-10-17)21(14-18)28(33(30)31)22-20(26-32-27-22)13-16-7-3-1-4-8-16/h1,3-4,7-8,11-12,14,17H,2,5-6,9-10,13,15H2,(H,25,29)(H,30,31). The van der Waals surface area contributed by atoms with Gasteiger partial charge in [0.05, 0.1) is 23.0 Å². The molecule has 1 amide bonds. The average molecular weight is 505 g/mol. The molecule has 0 aliphatic heterocycles. The number of nitrogens with zero attached hydrogens (tertiary/aromatic N) is 3. The first kappa shape index (κ1) is 23.8. The van der Waals surface area contributed by atoms with Crippen LogP contribution in [-0.2, 0) is 17.7 Å². The van der Waals surface area contributed by atoms with Gasteiger partial charge in [0.15, 0.2) is 5.82 Å². The molecule has 4 rings (SSSR count). The highest BCUT2D eigenvalue weighted by molar-refractivity contribution is 7.81. The average Bonchev–Trinajstić information content (AvgIpc) is 3.26. The van der Waals surface area contributed by atoms with Crippen molar-refractivity contribution in [3.05, 3.63) is 70.4 Å². The molecule has 1 unspecified atom stereocenters. The highest BCUT2D eigenvalue weighted by atomic mass is 35.5. The van der Waals surface area contributed by atoms with Crippen molar-refractivity contribution in [3.63, 3.8) is 0 Å². The Hall–Kier alpha value is -2.33. The number of hydrogen-bond acceptors (Lipinski definition) is 5. The summed E-state index contributed by atoms with van der Waals surface area (Å²) in [4.78, 5) is 13.1. The minimum Gasteiger partial charge on any atom is -0.352 e. The van der Waals surface area contributed by atoms with Gasteiger partial charge in [-0.3, -0.25) is 9.35 Å². The maximum Gasteiger partial charge on any atom is 0.268 e. The third kappa shape index (κ3) is 5.97. The van der Waals surface area contributed by atoms with E-state index >= 15 is 0 Å². The molecule has 2 aromatic carbocycles. The first-order valence-corrected chi connectivity index (χ1v) is 13.0. The quantitative estimate of drug-likeness (QED) is 0.402. The summed E-state index contributed by atoms with van der Waals surface area (Å²) in [6, 6.07) is 14.3. The van der Waals surface area contributed by atoms with Gasteiger partial charge < -0.3 is 5.32 Å². The highest BCUT2D eigenvalue weighted by Gasteiger charge is 2.27. The Morgan fingerprint density at radius 2 is 1.91 bits per heavy atom. The number of carbonyl (C=O) groups is 1. The van der Waals surface area contributed by atoms with Gasteiger partial charge >= 0.3 is 0 Å². The first-order valence-electron chi connectivity index (χ1n) is 10.9. The second-order valence-corrected chi connectivity index (χ2v) is 9.89. The zero-order chi connectivity index (χ0) is 23.2. The van der Waals surface area contributed by atoms with Crippen LogP contribution in [0.25, 0.3) is 0 Å². The Balaban J connectivity index is 1.63. The number of nitrogens with one attached hydrogen (secondary N) is 1. The number of aromatic nitrogens is 2. The number of halogens is 1. The second kappa shape index (κ2) is 11.2. The minimum atomic E-state index is -2.50. The summed E-state index contributed by atoms with van der Waals surface area (Å²) in [5.74, 6) is 0.380. The predicted octanol–water partition coefficient (Wildman–Crippen LogP) is 5.37. The third-order valence-electron chi connectivity index (χ3n) is 5.80. The second-order valence-electron chi connectivity index (χ2n) is 8.10. The first-order chi connectivity index (χ1) is 16.0. The van der Waals surface area contributed by atoms with Crippen LogP contribution in [0.1, 0.15) is 53.7 Å². The molecule has 0 radical (unpaired) electrons. The molecule has 1 heterocycles. The normalized spacial score (nSPS) is 15.2. The molecule has 1 aliphatic carbocycles. The fourth-order valence-corrected chi connectivity index (χ4v) is 5.50. The largest absolute Gasteiger partial charge is 0.352 e. The van der Waals surface area contributed by atoms with E-state index in [2.05, 4.69) is 14.1 Å². The number of rotatable bonds is 8. The Bertz CT molecular complexity index is 1120. The van der Waals surface area contributed by atoms with Gasteiger partial charge in [0, 0.05) is 18.0 Å². The molecule has 1 atom stereocenters. The number of anilines is 2. The van der Waals surface area contributed by atoms with Gasteiger partial charge in [-0.05, 0) is 42.5 Å². The fraction of sp³-hybridized carbons (Fsp3) is 0.348. The van der Waals surface area contributed by atoms with Crippen LogP contribution in [0.5, 0.6) is 0 Å². The van der Waals surface area contributed by atoms with E-state index in [0.29, 0.717) is 29.6 Å². The molecular weight excluding hydrogens is 480 g/mol. The topological polar surface area (TPSA) is 95.4 Å². The lowest BCUT2D eigenvalue weighted by Crippen LogP contribution is -2.32. The molecule has 0 spiro atoms. The lowest BCUT2D eigenvalue weighted by atomic mass is 9.89. The molecule has 1 aromatic heterocycles. The number of carbonyl (C=O) groups excluding carboxylic acids is 1. The zero-order valence-corrected chi connectivity index (χ0v) is 20.3. The summed E-state index contributed by atoms with van der Waals surface area (Å²) in [6.07, 6.45) is 6.26. The molecule has 10 heteroatoms. The summed E-state index contributed by atoms with van der Waals surface area (Å²) < 4.78 is 32.5. The fourth-order valence-electron chi connectivity index (χ4n) is 4.12. The molecule has 1 aliphatic rings. The van der Waals surface area contributed by atoms with Crippen LogP contribution in [0, 0.1) is 5.92 Å². The van der Waals surface area contributed by atoms with Gasteiger partial charge in [-0.1, -0.05) is 61.2 Å². The third-order valence-corrected chi connectivity index (χ3v) is 7.27. The van der Waals surface area contributed by atoms with Gasteiger partial charge in [0.2, 0.25) is 0 Å². The van der Waals surface area contributed by atoms with E-state index in [1.165, 1.54) is 25.3 Å². The highest BCUT2D eigenvalue weighted by Crippen LogP contribution is 2.34. The van der Waals surface area contributed by atoms with Gasteiger partial charge in [0.25, 0.3) is 17.2 Å². The van der Waals surface area contributed by atoms with E-state index in [4.69, 9.17) is 11.6 Å². The van der Waals surface area contributed by atoms with E-state index in [1.807, 2.05) is 30.3 Å². The zero-order valence-electron chi connectivity index (χ0n) is 17.9. The van der Waals surface area contributed by atoms with Crippen LogP contribution in [-0.4, -0.2) is 30.0 Å². The molecule has 33 heavy (non-hydrogen) atoms. The summed E-state index contributed by atoms with van der Waals surface area (Å²) >= 11 is 4.68. The summed E-state index contributed by atoms with van der Waals surface area (Å²) in [5.41, 5.74) is 2.01. The Labute approximate surface area is 204 Å². The number of amides is 1. The van der Waals surface area contributed by atoms with E-state index in [9.17, 15) is 13.6 Å². The smallest absolute Gasteiger partial charge is 0.268 e. The molecule has 0 saturated heterocycles. The minimum absolute atomic E-state index is 0.214. The van der Waals surface area contributed by atoms with Gasteiger partial charge in [-0.2, -0.15) is 8.75 Å². The van der Waals surface area contributed by atoms with Gasteiger partial charge in [-0.25, -0.2) is 8.51 Å². The van der Waals surface area contributed by atoms with Crippen molar-refractivity contribution in [2.24, 2.45) is 5.92 Å². The molecule has 174 valence electrons. The lowest BCUT2D eigenvalue weighted by Gasteiger charge is -2.24. The maximum absolute atomic E-state index is 13.1. The van der Waals surface area contributed by atoms with E-state index < -0.39 is 11.3 Å². The Morgan fingerprint density at radius 3 is 2.64 bits per heavy atom. The van der Waals surface area contributed by atoms with Crippen molar-refractivity contribution in [2.75, 3.05) is 10.8 Å². The van der Waals surface area contributed by atoms with E-state index in [-0.39, 0.29) is 23.0 Å². The molecule has 1 fully saturated rings. The van der Waals surface area contributed by atoms with Crippen LogP contribution in [0.4, 0.5) is 11.5 Å². The van der Waals surface area contributed by atoms with Crippen LogP contribution in [0.15, 0.2) is 48.5 Å². The lowest BCUT2D eigenvalue weighted by molar-refractivity contribution is 0.0944. The summed E-state index contributed by atoms with van der Waals surface area (Å²) in [6.45, 7) is 0.584. The van der Waals surface area contributed by atoms with Crippen LogP contribution in [0.2, 0.25) is 5.02 Å². The van der Waals surface area contributed by atoms with Crippen LogP contribution < -0.4 is 9.62 Å². The molecule has 3 aromatic rings. The molecule has 1 saturated carbocycles. The van der Waals surface area contributed by atoms with Crippen molar-refractivity contribution in [2.45, 2.75) is 38.5 Å². The van der Waals surface area contributed by atoms with Crippen molar-refractivity contribution >= 4 is 52.0 Å². The number of benzene rings is 2. The molecule has 7 nitrogen and oxygen atoms in total. The van der Waals surface area contributed by atoms with Crippen molar-refractivity contribution < 1.29 is 13.6 Å². The van der Waals surface area contributed by atoms with Crippen LogP contribution in [0.3, 0.4) is 0 Å². The summed E-state index contributed by atoms with van der Waals surface area (Å²) in [5, 5.41) is 3.34. The SMILES string of the molecule is O=C(NCC1CCCCC1)c1ccc(Cl)cc1N(c1nsnc1Cc1ccccc1)S(=O)O. The van der Waals surface area contributed by atoms with Crippen molar-refractivity contribution in [3.8, 4) is 0 Å². The maximum atomic E-state index is 13.1. The van der Waals surface area contributed by atoms with E-state index in [0.717, 1.165) is 34.4 Å². The summed E-state index contributed by atoms with van der Waals surface area (Å²) in [7, 11) is 0. The predicted molar refractivity (Wildman–Crippen MR) is 132 cm³/mol. The van der Waals surface area contributed by atoms with Crippen LogP contribution >= 0.6 is 23.3 Å². The van der Waals surface area contributed by atoms with Gasteiger partial charge in [0.1, 0.15) is 5.69 Å². The van der Waals surface area contributed by atoms with Crippen molar-refractivity contribution in [1.82, 2.24) is 14.1 Å². The molecule has 2 N–H and O–H groups in total. The monoisotopic (exact) mass is 504 g/mol. The van der Waals surface area contributed by atoms with Gasteiger partial charge in [-0.15, -0.1) is 0 Å². The molecular formula is C23H25ClN4O3S2.